The number of amides is 1. The molecule has 2 aromatic heterocycles. The van der Waals surface area contributed by atoms with Crippen molar-refractivity contribution in [1.29, 1.82) is 0 Å². The normalized spacial score (nSPS) is 19.8. The molecule has 4 heterocycles. The first-order valence-electron chi connectivity index (χ1n) is 11.8. The number of imidazole rings is 1. The summed E-state index contributed by atoms with van der Waals surface area (Å²) in [6, 6.07) is 6.36. The number of halogens is 3. The Morgan fingerprint density at radius 3 is 2.70 bits per heavy atom. The van der Waals surface area contributed by atoms with Crippen LogP contribution in [0.25, 0.3) is 22.2 Å². The quantitative estimate of drug-likeness (QED) is 0.407. The second kappa shape index (κ2) is 8.27. The molecule has 190 valence electrons. The largest absolute Gasteiger partial charge is 0.434 e. The van der Waals surface area contributed by atoms with Crippen LogP contribution in [0, 0.1) is 5.82 Å². The Morgan fingerprint density at radius 1 is 1.24 bits per heavy atom. The Labute approximate surface area is 209 Å². The maximum Gasteiger partial charge on any atom is 0.387 e. The first-order chi connectivity index (χ1) is 17.7. The van der Waals surface area contributed by atoms with Crippen molar-refractivity contribution in [2.75, 3.05) is 0 Å². The number of hydrogen-bond donors (Lipinski definition) is 2. The van der Waals surface area contributed by atoms with Crippen LogP contribution < -0.4 is 10.1 Å². The van der Waals surface area contributed by atoms with Crippen molar-refractivity contribution in [3.05, 3.63) is 71.3 Å². The molecule has 0 aliphatic carbocycles. The second-order valence-electron chi connectivity index (χ2n) is 9.46. The van der Waals surface area contributed by atoms with E-state index in [4.69, 9.17) is 4.74 Å². The van der Waals surface area contributed by atoms with E-state index < -0.39 is 36.0 Å². The third kappa shape index (κ3) is 3.64. The van der Waals surface area contributed by atoms with Crippen LogP contribution in [0.3, 0.4) is 0 Å². The van der Waals surface area contributed by atoms with Gasteiger partial charge in [0.1, 0.15) is 23.0 Å². The van der Waals surface area contributed by atoms with E-state index >= 15 is 4.39 Å². The maximum atomic E-state index is 15.2. The van der Waals surface area contributed by atoms with Crippen molar-refractivity contribution >= 4 is 16.9 Å². The average molecular weight is 509 g/mol. The van der Waals surface area contributed by atoms with Crippen molar-refractivity contribution in [1.82, 2.24) is 24.8 Å². The minimum Gasteiger partial charge on any atom is -0.434 e. The number of carbonyl (C=O) groups excluding carboxylic acids is 1. The zero-order chi connectivity index (χ0) is 26.1. The highest BCUT2D eigenvalue weighted by atomic mass is 19.3. The number of carbonyl (C=O) groups is 1. The fourth-order valence-corrected chi connectivity index (χ4v) is 5.16. The summed E-state index contributed by atoms with van der Waals surface area (Å²) in [4.78, 5) is 25.9. The van der Waals surface area contributed by atoms with Gasteiger partial charge in [0.25, 0.3) is 5.91 Å². The Hall–Kier alpha value is -3.99. The average Bonchev–Trinajstić information content (AvgIpc) is 3.34. The van der Waals surface area contributed by atoms with E-state index in [-0.39, 0.29) is 22.7 Å². The smallest absolute Gasteiger partial charge is 0.387 e. The van der Waals surface area contributed by atoms with Crippen LogP contribution in [-0.2, 0) is 5.60 Å². The lowest BCUT2D eigenvalue weighted by molar-refractivity contribution is -0.0507. The molecule has 2 N–H and O–H groups in total. The molecule has 1 amide bonds. The Bertz CT molecular complexity index is 1550. The molecule has 2 bridgehead atoms. The van der Waals surface area contributed by atoms with Crippen molar-refractivity contribution in [3.8, 4) is 16.9 Å². The Morgan fingerprint density at radius 2 is 2.00 bits per heavy atom. The van der Waals surface area contributed by atoms with Crippen LogP contribution in [0.15, 0.2) is 42.7 Å². The van der Waals surface area contributed by atoms with Gasteiger partial charge in [-0.2, -0.15) is 8.78 Å². The minimum atomic E-state index is -3.06. The van der Waals surface area contributed by atoms with Gasteiger partial charge in [-0.15, -0.1) is 0 Å². The summed E-state index contributed by atoms with van der Waals surface area (Å²) in [5.74, 6) is -0.302. The molecular formula is C26H22F3N5O3. The Kier molecular flexibility index (Phi) is 5.23. The van der Waals surface area contributed by atoms with Gasteiger partial charge in [-0.05, 0) is 38.0 Å². The first-order valence-corrected chi connectivity index (χ1v) is 11.8. The summed E-state index contributed by atoms with van der Waals surface area (Å²) < 4.78 is 48.3. The number of aromatic nitrogens is 4. The summed E-state index contributed by atoms with van der Waals surface area (Å²) in [5, 5.41) is 13.3. The van der Waals surface area contributed by atoms with Crippen molar-refractivity contribution in [2.45, 2.75) is 51.0 Å². The molecule has 2 aliphatic rings. The Balaban J connectivity index is 1.51. The molecule has 0 saturated carbocycles. The van der Waals surface area contributed by atoms with Gasteiger partial charge in [-0.1, -0.05) is 13.0 Å². The van der Waals surface area contributed by atoms with E-state index in [1.165, 1.54) is 30.6 Å². The van der Waals surface area contributed by atoms with Crippen LogP contribution in [0.4, 0.5) is 13.2 Å². The monoisotopic (exact) mass is 509 g/mol. The van der Waals surface area contributed by atoms with Gasteiger partial charge in [-0.3, -0.25) is 4.79 Å². The molecule has 6 rings (SSSR count). The molecule has 37 heavy (non-hydrogen) atoms. The topological polar surface area (TPSA) is 102 Å². The van der Waals surface area contributed by atoms with E-state index in [1.807, 2.05) is 11.5 Å². The van der Waals surface area contributed by atoms with E-state index in [2.05, 4.69) is 20.3 Å². The van der Waals surface area contributed by atoms with Gasteiger partial charge in [0.15, 0.2) is 5.82 Å². The molecule has 2 aliphatic heterocycles. The third-order valence-electron chi connectivity index (χ3n) is 7.19. The van der Waals surface area contributed by atoms with Crippen LogP contribution in [0.5, 0.6) is 5.75 Å². The number of ether oxygens (including phenoxy) is 1. The second-order valence-corrected chi connectivity index (χ2v) is 9.46. The van der Waals surface area contributed by atoms with Gasteiger partial charge in [0.2, 0.25) is 0 Å². The van der Waals surface area contributed by atoms with Crippen LogP contribution in [0.2, 0.25) is 0 Å². The number of rotatable bonds is 5. The van der Waals surface area contributed by atoms with Crippen molar-refractivity contribution < 1.29 is 27.8 Å². The number of nitrogens with one attached hydrogen (secondary N) is 1. The molecule has 8 nitrogen and oxygen atoms in total. The molecule has 0 saturated heterocycles. The lowest BCUT2D eigenvalue weighted by Crippen LogP contribution is -2.28. The highest BCUT2D eigenvalue weighted by Gasteiger charge is 2.42. The minimum absolute atomic E-state index is 0.0858. The molecule has 3 atom stereocenters. The molecule has 2 aromatic carbocycles. The standard InChI is InChI=1S/C26H22F3N5O3/c1-3-26(2,36)24-30-10-12(11-31-24)14-7-18-16(8-15(14)27)32-22-17-9-19(34(18)22)21-13(23(35)33-17)5-4-6-20(21)37-25(28)29/h4-8,10-11,17,19,25,36H,3,9H2,1-2H3,(H,33,35)/t17-,19+,26?/m1/s1. The SMILES string of the molecule is CCC(C)(O)c1ncc(-c2cc3c(cc2F)nc2n3[C@H]3C[C@H]2NC(=O)c2cccc(OC(F)F)c23)cn1. The van der Waals surface area contributed by atoms with Crippen LogP contribution in [0.1, 0.15) is 66.3 Å². The van der Waals surface area contributed by atoms with Crippen LogP contribution >= 0.6 is 0 Å². The highest BCUT2D eigenvalue weighted by Crippen LogP contribution is 2.48. The number of hydrogen-bond acceptors (Lipinski definition) is 6. The number of alkyl halides is 2. The molecule has 0 fully saturated rings. The molecule has 4 aromatic rings. The predicted molar refractivity (Wildman–Crippen MR) is 127 cm³/mol. The van der Waals surface area contributed by atoms with Crippen molar-refractivity contribution in [2.24, 2.45) is 0 Å². The fraction of sp³-hybridized carbons (Fsp3) is 0.308. The summed E-state index contributed by atoms with van der Waals surface area (Å²) in [6.45, 7) is 0.348. The van der Waals surface area contributed by atoms with Gasteiger partial charge >= 0.3 is 6.61 Å². The summed E-state index contributed by atoms with van der Waals surface area (Å²) >= 11 is 0. The summed E-state index contributed by atoms with van der Waals surface area (Å²) in [5.41, 5.74) is 0.922. The first kappa shape index (κ1) is 23.4. The fourth-order valence-electron chi connectivity index (χ4n) is 5.16. The van der Waals surface area contributed by atoms with E-state index in [9.17, 15) is 18.7 Å². The highest BCUT2D eigenvalue weighted by molar-refractivity contribution is 5.98. The molecule has 11 heteroatoms. The van der Waals surface area contributed by atoms with Gasteiger partial charge in [-0.25, -0.2) is 19.3 Å². The molecular weight excluding hydrogens is 487 g/mol. The van der Waals surface area contributed by atoms with E-state index in [1.54, 1.807) is 19.1 Å². The van der Waals surface area contributed by atoms with Gasteiger partial charge in [0, 0.05) is 40.7 Å². The predicted octanol–water partition coefficient (Wildman–Crippen LogP) is 4.63. The van der Waals surface area contributed by atoms with Crippen molar-refractivity contribution in [3.63, 3.8) is 0 Å². The number of benzene rings is 2. The molecule has 1 unspecified atom stereocenters. The summed E-state index contributed by atoms with van der Waals surface area (Å²) in [7, 11) is 0. The summed E-state index contributed by atoms with van der Waals surface area (Å²) in [6.07, 6.45) is 3.70. The van der Waals surface area contributed by atoms with Gasteiger partial charge < -0.3 is 19.7 Å². The number of nitrogens with zero attached hydrogens (tertiary/aromatic N) is 4. The van der Waals surface area contributed by atoms with E-state index in [0.717, 1.165) is 0 Å². The lowest BCUT2D eigenvalue weighted by Gasteiger charge is -2.21. The maximum absolute atomic E-state index is 15.2. The number of fused-ring (bicyclic) bond motifs is 9. The zero-order valence-electron chi connectivity index (χ0n) is 19.9. The van der Waals surface area contributed by atoms with E-state index in [0.29, 0.717) is 40.8 Å². The zero-order valence-corrected chi connectivity index (χ0v) is 19.9. The lowest BCUT2D eigenvalue weighted by atomic mass is 9.97. The molecule has 0 spiro atoms. The van der Waals surface area contributed by atoms with Crippen LogP contribution in [-0.4, -0.2) is 37.1 Å². The van der Waals surface area contributed by atoms with Gasteiger partial charge in [0.05, 0.1) is 23.1 Å². The molecule has 0 radical (unpaired) electrons. The third-order valence-corrected chi connectivity index (χ3v) is 7.19. The number of aliphatic hydroxyl groups is 1.